The van der Waals surface area contributed by atoms with Crippen molar-refractivity contribution in [1.82, 2.24) is 20.1 Å². The molecule has 0 amide bonds. The van der Waals surface area contributed by atoms with Crippen molar-refractivity contribution >= 4 is 10.9 Å². The number of ether oxygens (including phenoxy) is 1. The maximum absolute atomic E-state index is 12.0. The molecule has 0 bridgehead atoms. The maximum atomic E-state index is 12.0. The number of aromatic nitrogens is 3. The maximum Gasteiger partial charge on any atom is 0.250 e. The number of hydrogen-bond donors (Lipinski definition) is 2. The summed E-state index contributed by atoms with van der Waals surface area (Å²) < 4.78 is 7.94. The lowest BCUT2D eigenvalue weighted by atomic mass is 9.89. The van der Waals surface area contributed by atoms with Crippen molar-refractivity contribution in [2.24, 2.45) is 7.05 Å². The normalized spacial score (nSPS) is 14.7. The minimum atomic E-state index is -0.194. The van der Waals surface area contributed by atoms with Gasteiger partial charge in [0.1, 0.15) is 12.3 Å². The smallest absolute Gasteiger partial charge is 0.250 e. The van der Waals surface area contributed by atoms with Crippen molar-refractivity contribution < 1.29 is 4.74 Å². The molecule has 1 aliphatic rings. The second-order valence-electron chi connectivity index (χ2n) is 8.11. The highest BCUT2D eigenvalue weighted by atomic mass is 16.5. The molecule has 2 aromatic carbocycles. The summed E-state index contributed by atoms with van der Waals surface area (Å²) in [6.45, 7) is 2.51. The zero-order chi connectivity index (χ0) is 21.2. The molecule has 6 heteroatoms. The van der Waals surface area contributed by atoms with E-state index in [4.69, 9.17) is 9.84 Å². The number of aryl methyl sites for hydroxylation is 1. The van der Waals surface area contributed by atoms with Crippen LogP contribution in [0.2, 0.25) is 0 Å². The van der Waals surface area contributed by atoms with E-state index in [1.54, 1.807) is 6.07 Å². The molecule has 3 heterocycles. The van der Waals surface area contributed by atoms with Crippen molar-refractivity contribution in [3.05, 3.63) is 82.1 Å². The van der Waals surface area contributed by atoms with Gasteiger partial charge >= 0.3 is 0 Å². The lowest BCUT2D eigenvalue weighted by molar-refractivity contribution is 0.294. The number of H-pyrrole nitrogens is 1. The monoisotopic (exact) mass is 414 g/mol. The lowest BCUT2D eigenvalue weighted by Gasteiger charge is -2.23. The number of rotatable bonds is 5. The molecule has 0 saturated carbocycles. The number of piperidine rings is 1. The predicted molar refractivity (Wildman–Crippen MR) is 122 cm³/mol. The van der Waals surface area contributed by atoms with Gasteiger partial charge in [-0.05, 0) is 55.1 Å². The largest absolute Gasteiger partial charge is 0.474 e. The first-order valence-corrected chi connectivity index (χ1v) is 10.8. The SMILES string of the molecule is Cn1nc(-c2ccc(=O)[nH]c2OCc2ccccc2)c2ccc(C3CCNCC3)cc21. The Labute approximate surface area is 180 Å². The van der Waals surface area contributed by atoms with Crippen LogP contribution >= 0.6 is 0 Å². The third-order valence-corrected chi connectivity index (χ3v) is 6.05. The van der Waals surface area contributed by atoms with Gasteiger partial charge in [0.25, 0.3) is 5.56 Å². The Balaban J connectivity index is 1.52. The van der Waals surface area contributed by atoms with E-state index in [1.165, 1.54) is 11.6 Å². The fourth-order valence-corrected chi connectivity index (χ4v) is 4.37. The van der Waals surface area contributed by atoms with Crippen molar-refractivity contribution in [2.75, 3.05) is 13.1 Å². The molecular formula is C25H26N4O2. The first-order chi connectivity index (χ1) is 15.2. The molecule has 0 radical (unpaired) electrons. The number of pyridine rings is 1. The van der Waals surface area contributed by atoms with Crippen LogP contribution in [0.1, 0.15) is 29.9 Å². The van der Waals surface area contributed by atoms with E-state index in [0.29, 0.717) is 18.4 Å². The number of fused-ring (bicyclic) bond motifs is 1. The van der Waals surface area contributed by atoms with Crippen LogP contribution in [0.5, 0.6) is 5.88 Å². The predicted octanol–water partition coefficient (Wildman–Crippen LogP) is 3.97. The zero-order valence-electron chi connectivity index (χ0n) is 17.6. The summed E-state index contributed by atoms with van der Waals surface area (Å²) in [6, 6.07) is 19.9. The van der Waals surface area contributed by atoms with Gasteiger partial charge in [-0.3, -0.25) is 14.5 Å². The van der Waals surface area contributed by atoms with E-state index in [9.17, 15) is 4.79 Å². The van der Waals surface area contributed by atoms with Crippen LogP contribution in [0.4, 0.5) is 0 Å². The molecule has 158 valence electrons. The van der Waals surface area contributed by atoms with Crippen molar-refractivity contribution in [3.8, 4) is 17.1 Å². The van der Waals surface area contributed by atoms with Crippen molar-refractivity contribution in [1.29, 1.82) is 0 Å². The summed E-state index contributed by atoms with van der Waals surface area (Å²) in [5, 5.41) is 9.28. The Morgan fingerprint density at radius 2 is 1.87 bits per heavy atom. The average Bonchev–Trinajstić information content (AvgIpc) is 3.14. The van der Waals surface area contributed by atoms with Crippen LogP contribution in [0, 0.1) is 0 Å². The quantitative estimate of drug-likeness (QED) is 0.518. The van der Waals surface area contributed by atoms with E-state index < -0.39 is 0 Å². The Kier molecular flexibility index (Phi) is 5.30. The molecule has 1 saturated heterocycles. The van der Waals surface area contributed by atoms with Crippen LogP contribution in [0.15, 0.2) is 65.5 Å². The molecular weight excluding hydrogens is 388 g/mol. The standard InChI is InChI=1S/C25H26N4O2/c1-29-22-15-19(18-11-13-26-14-12-18)7-8-20(22)24(28-29)21-9-10-23(30)27-25(21)31-16-17-5-3-2-4-6-17/h2-10,15,18,26H,11-14,16H2,1H3,(H,27,30). The summed E-state index contributed by atoms with van der Waals surface area (Å²) in [5.41, 5.74) is 4.90. The van der Waals surface area contributed by atoms with Crippen LogP contribution in [-0.4, -0.2) is 27.9 Å². The van der Waals surface area contributed by atoms with Crippen LogP contribution < -0.4 is 15.6 Å². The minimum absolute atomic E-state index is 0.194. The van der Waals surface area contributed by atoms with Gasteiger partial charge in [-0.2, -0.15) is 5.10 Å². The summed E-state index contributed by atoms with van der Waals surface area (Å²) >= 11 is 0. The third-order valence-electron chi connectivity index (χ3n) is 6.05. The lowest BCUT2D eigenvalue weighted by Crippen LogP contribution is -2.26. The molecule has 31 heavy (non-hydrogen) atoms. The van der Waals surface area contributed by atoms with E-state index in [1.807, 2.05) is 42.1 Å². The summed E-state index contributed by atoms with van der Waals surface area (Å²) in [5.74, 6) is 1.03. The fraction of sp³-hybridized carbons (Fsp3) is 0.280. The van der Waals surface area contributed by atoms with Gasteiger partial charge in [-0.25, -0.2) is 0 Å². The Hall–Kier alpha value is -3.38. The van der Waals surface area contributed by atoms with Crippen LogP contribution in [0.25, 0.3) is 22.2 Å². The summed E-state index contributed by atoms with van der Waals surface area (Å²) in [6.07, 6.45) is 2.32. The number of aromatic amines is 1. The topological polar surface area (TPSA) is 71.9 Å². The zero-order valence-corrected chi connectivity index (χ0v) is 17.6. The van der Waals surface area contributed by atoms with Gasteiger partial charge in [0.2, 0.25) is 5.88 Å². The summed E-state index contributed by atoms with van der Waals surface area (Å²) in [7, 11) is 1.97. The van der Waals surface area contributed by atoms with Gasteiger partial charge in [0.05, 0.1) is 11.1 Å². The van der Waals surface area contributed by atoms with E-state index >= 15 is 0 Å². The molecule has 4 aromatic rings. The second-order valence-corrected chi connectivity index (χ2v) is 8.11. The van der Waals surface area contributed by atoms with Gasteiger partial charge in [0, 0.05) is 18.5 Å². The van der Waals surface area contributed by atoms with Crippen molar-refractivity contribution in [3.63, 3.8) is 0 Å². The highest BCUT2D eigenvalue weighted by Crippen LogP contribution is 2.35. The molecule has 6 nitrogen and oxygen atoms in total. The average molecular weight is 415 g/mol. The molecule has 0 atom stereocenters. The van der Waals surface area contributed by atoms with E-state index in [0.717, 1.165) is 53.7 Å². The van der Waals surface area contributed by atoms with Gasteiger partial charge in [0.15, 0.2) is 0 Å². The Bertz CT molecular complexity index is 1250. The van der Waals surface area contributed by atoms with E-state index in [2.05, 4.69) is 28.5 Å². The first-order valence-electron chi connectivity index (χ1n) is 10.8. The number of nitrogens with zero attached hydrogens (tertiary/aromatic N) is 2. The molecule has 2 N–H and O–H groups in total. The van der Waals surface area contributed by atoms with Crippen LogP contribution in [-0.2, 0) is 13.7 Å². The van der Waals surface area contributed by atoms with Gasteiger partial charge < -0.3 is 10.1 Å². The fourth-order valence-electron chi connectivity index (χ4n) is 4.37. The minimum Gasteiger partial charge on any atom is -0.474 e. The molecule has 2 aromatic heterocycles. The number of benzene rings is 2. The second kappa shape index (κ2) is 8.40. The molecule has 0 aliphatic carbocycles. The highest BCUT2D eigenvalue weighted by molar-refractivity contribution is 5.94. The number of hydrogen-bond acceptors (Lipinski definition) is 4. The van der Waals surface area contributed by atoms with Crippen molar-refractivity contribution in [2.45, 2.75) is 25.4 Å². The molecule has 0 spiro atoms. The van der Waals surface area contributed by atoms with Crippen LogP contribution in [0.3, 0.4) is 0 Å². The molecule has 5 rings (SSSR count). The number of nitrogens with one attached hydrogen (secondary N) is 2. The highest BCUT2D eigenvalue weighted by Gasteiger charge is 2.19. The Morgan fingerprint density at radius 3 is 2.68 bits per heavy atom. The third kappa shape index (κ3) is 3.99. The van der Waals surface area contributed by atoms with Gasteiger partial charge in [-0.1, -0.05) is 42.5 Å². The van der Waals surface area contributed by atoms with Gasteiger partial charge in [-0.15, -0.1) is 0 Å². The molecule has 1 fully saturated rings. The Morgan fingerprint density at radius 1 is 1.06 bits per heavy atom. The first kappa shape index (κ1) is 19.6. The van der Waals surface area contributed by atoms with E-state index in [-0.39, 0.29) is 5.56 Å². The molecule has 0 unspecified atom stereocenters. The summed E-state index contributed by atoms with van der Waals surface area (Å²) in [4.78, 5) is 14.9. The molecule has 1 aliphatic heterocycles.